The quantitative estimate of drug-likeness (QED) is 0.676. The molecular weight excluding hydrogens is 338 g/mol. The summed E-state index contributed by atoms with van der Waals surface area (Å²) in [5.41, 5.74) is 4.37. The monoisotopic (exact) mass is 361 g/mol. The van der Waals surface area contributed by atoms with Crippen molar-refractivity contribution in [3.63, 3.8) is 0 Å². The highest BCUT2D eigenvalue weighted by Gasteiger charge is 2.34. The van der Waals surface area contributed by atoms with Gasteiger partial charge in [-0.1, -0.05) is 43.3 Å². The summed E-state index contributed by atoms with van der Waals surface area (Å²) in [5.74, 6) is 1.16. The summed E-state index contributed by atoms with van der Waals surface area (Å²) in [5, 5.41) is 4.14. The van der Waals surface area contributed by atoms with Crippen molar-refractivity contribution in [2.45, 2.75) is 39.0 Å². The number of benzene rings is 2. The van der Waals surface area contributed by atoms with Crippen molar-refractivity contribution in [1.82, 2.24) is 10.1 Å². The summed E-state index contributed by atoms with van der Waals surface area (Å²) >= 11 is 0. The molecule has 27 heavy (non-hydrogen) atoms. The number of hydrogen-bond acceptors (Lipinski definition) is 4. The number of amides is 1. The summed E-state index contributed by atoms with van der Waals surface area (Å²) in [7, 11) is 0. The molecule has 0 radical (unpaired) electrons. The number of anilines is 1. The molecule has 0 aliphatic carbocycles. The lowest BCUT2D eigenvalue weighted by atomic mass is 10.1. The minimum absolute atomic E-state index is 0.0456. The van der Waals surface area contributed by atoms with Gasteiger partial charge < -0.3 is 9.42 Å². The van der Waals surface area contributed by atoms with Crippen LogP contribution in [0, 0.1) is 0 Å². The van der Waals surface area contributed by atoms with Gasteiger partial charge in [-0.3, -0.25) is 4.79 Å². The van der Waals surface area contributed by atoms with Crippen LogP contribution >= 0.6 is 0 Å². The smallest absolute Gasteiger partial charge is 0.257 e. The molecule has 1 atom stereocenters. The van der Waals surface area contributed by atoms with Gasteiger partial charge in [0.05, 0.1) is 0 Å². The lowest BCUT2D eigenvalue weighted by Crippen LogP contribution is -2.24. The van der Waals surface area contributed by atoms with Crippen LogP contribution in [-0.2, 0) is 17.6 Å². The molecule has 3 aromatic rings. The van der Waals surface area contributed by atoms with E-state index in [0.29, 0.717) is 24.7 Å². The summed E-state index contributed by atoms with van der Waals surface area (Å²) < 4.78 is 5.45. The second kappa shape index (κ2) is 7.35. The van der Waals surface area contributed by atoms with Crippen molar-refractivity contribution in [3.05, 3.63) is 65.5 Å². The van der Waals surface area contributed by atoms with E-state index in [1.54, 1.807) is 0 Å². The van der Waals surface area contributed by atoms with E-state index in [2.05, 4.69) is 48.3 Å². The predicted octanol–water partition coefficient (Wildman–Crippen LogP) is 4.38. The van der Waals surface area contributed by atoms with E-state index in [4.69, 9.17) is 4.52 Å². The van der Waals surface area contributed by atoms with Crippen molar-refractivity contribution < 1.29 is 9.32 Å². The molecule has 0 spiro atoms. The fourth-order valence-corrected chi connectivity index (χ4v) is 3.44. The number of hydrogen-bond donors (Lipinski definition) is 0. The largest absolute Gasteiger partial charge is 0.334 e. The first-order valence-electron chi connectivity index (χ1n) is 9.50. The molecule has 1 aliphatic rings. The van der Waals surface area contributed by atoms with Gasteiger partial charge in [0.25, 0.3) is 5.89 Å². The fourth-order valence-electron chi connectivity index (χ4n) is 3.44. The summed E-state index contributed by atoms with van der Waals surface area (Å²) in [6.07, 6.45) is 2.39. The van der Waals surface area contributed by atoms with E-state index in [1.807, 2.05) is 29.2 Å². The maximum atomic E-state index is 12.5. The molecule has 1 fully saturated rings. The van der Waals surface area contributed by atoms with Gasteiger partial charge in [0.1, 0.15) is 0 Å². The Kier molecular flexibility index (Phi) is 4.75. The maximum Gasteiger partial charge on any atom is 0.257 e. The van der Waals surface area contributed by atoms with Crippen LogP contribution < -0.4 is 4.90 Å². The van der Waals surface area contributed by atoms with Crippen LogP contribution in [0.5, 0.6) is 0 Å². The molecule has 1 aromatic heterocycles. The second-order valence-electron chi connectivity index (χ2n) is 6.93. The molecule has 0 bridgehead atoms. The third kappa shape index (κ3) is 3.50. The van der Waals surface area contributed by atoms with Gasteiger partial charge in [-0.15, -0.1) is 0 Å². The zero-order chi connectivity index (χ0) is 18.8. The molecule has 2 heterocycles. The first kappa shape index (κ1) is 17.5. The van der Waals surface area contributed by atoms with Gasteiger partial charge >= 0.3 is 0 Å². The van der Waals surface area contributed by atoms with E-state index in [-0.39, 0.29) is 11.8 Å². The van der Waals surface area contributed by atoms with Gasteiger partial charge in [0, 0.05) is 30.1 Å². The number of rotatable bonds is 5. The van der Waals surface area contributed by atoms with Crippen LogP contribution in [-0.4, -0.2) is 22.6 Å². The van der Waals surface area contributed by atoms with E-state index >= 15 is 0 Å². The summed E-state index contributed by atoms with van der Waals surface area (Å²) in [6.45, 7) is 4.83. The number of nitrogens with zero attached hydrogens (tertiary/aromatic N) is 3. The molecule has 1 saturated heterocycles. The van der Waals surface area contributed by atoms with Crippen molar-refractivity contribution in [2.75, 3.05) is 11.4 Å². The van der Waals surface area contributed by atoms with Gasteiger partial charge in [-0.2, -0.15) is 4.98 Å². The highest BCUT2D eigenvalue weighted by molar-refractivity contribution is 5.96. The molecule has 2 aromatic carbocycles. The Morgan fingerprint density at radius 2 is 1.63 bits per heavy atom. The highest BCUT2D eigenvalue weighted by Crippen LogP contribution is 2.31. The Labute approximate surface area is 159 Å². The Bertz CT molecular complexity index is 929. The molecule has 0 N–H and O–H groups in total. The van der Waals surface area contributed by atoms with Crippen LogP contribution in [0.15, 0.2) is 53.1 Å². The lowest BCUT2D eigenvalue weighted by Gasteiger charge is -2.16. The Hall–Kier alpha value is -2.95. The van der Waals surface area contributed by atoms with Crippen LogP contribution in [0.25, 0.3) is 11.5 Å². The average Bonchev–Trinajstić information content (AvgIpc) is 3.35. The van der Waals surface area contributed by atoms with E-state index in [1.165, 1.54) is 11.1 Å². The molecule has 5 heteroatoms. The number of aryl methyl sites for hydroxylation is 2. The van der Waals surface area contributed by atoms with Gasteiger partial charge in [0.2, 0.25) is 5.91 Å². The third-order valence-electron chi connectivity index (χ3n) is 5.20. The van der Waals surface area contributed by atoms with E-state index in [0.717, 1.165) is 24.1 Å². The third-order valence-corrected chi connectivity index (χ3v) is 5.20. The first-order chi connectivity index (χ1) is 13.2. The molecule has 0 unspecified atom stereocenters. The minimum atomic E-state index is -0.0456. The predicted molar refractivity (Wildman–Crippen MR) is 105 cm³/mol. The van der Waals surface area contributed by atoms with Gasteiger partial charge in [0.15, 0.2) is 5.82 Å². The lowest BCUT2D eigenvalue weighted by molar-refractivity contribution is -0.117. The second-order valence-corrected chi connectivity index (χ2v) is 6.93. The number of carbonyl (C=O) groups is 1. The molecule has 4 rings (SSSR count). The first-order valence-corrected chi connectivity index (χ1v) is 9.50. The molecule has 5 nitrogen and oxygen atoms in total. The SMILES string of the molecule is CCc1ccc(-c2nc([C@H]3CC(=O)N(c4ccc(CC)cc4)C3)no2)cc1. The fraction of sp³-hybridized carbons (Fsp3) is 0.318. The summed E-state index contributed by atoms with van der Waals surface area (Å²) in [4.78, 5) is 18.9. The normalized spacial score (nSPS) is 16.9. The highest BCUT2D eigenvalue weighted by atomic mass is 16.5. The van der Waals surface area contributed by atoms with E-state index < -0.39 is 0 Å². The Morgan fingerprint density at radius 1 is 1.00 bits per heavy atom. The number of aromatic nitrogens is 2. The number of carbonyl (C=O) groups excluding carboxylic acids is 1. The van der Waals surface area contributed by atoms with Crippen molar-refractivity contribution in [2.24, 2.45) is 0 Å². The molecule has 1 amide bonds. The topological polar surface area (TPSA) is 59.2 Å². The van der Waals surface area contributed by atoms with Crippen molar-refractivity contribution in [3.8, 4) is 11.5 Å². The van der Waals surface area contributed by atoms with Crippen LogP contribution in [0.2, 0.25) is 0 Å². The van der Waals surface area contributed by atoms with Crippen LogP contribution in [0.1, 0.15) is 43.1 Å². The van der Waals surface area contributed by atoms with Crippen LogP contribution in [0.3, 0.4) is 0 Å². The minimum Gasteiger partial charge on any atom is -0.334 e. The van der Waals surface area contributed by atoms with Crippen LogP contribution in [0.4, 0.5) is 5.69 Å². The average molecular weight is 361 g/mol. The van der Waals surface area contributed by atoms with Gasteiger partial charge in [-0.05, 0) is 48.2 Å². The van der Waals surface area contributed by atoms with Gasteiger partial charge in [-0.25, -0.2) is 0 Å². The Morgan fingerprint density at radius 3 is 2.26 bits per heavy atom. The molecule has 138 valence electrons. The van der Waals surface area contributed by atoms with Crippen molar-refractivity contribution >= 4 is 11.6 Å². The zero-order valence-corrected chi connectivity index (χ0v) is 15.7. The van der Waals surface area contributed by atoms with E-state index in [9.17, 15) is 4.79 Å². The molecule has 0 saturated carbocycles. The molecule has 1 aliphatic heterocycles. The standard InChI is InChI=1S/C22H23N3O2/c1-3-15-5-9-17(10-6-15)22-23-21(24-27-22)18-13-20(26)25(14-18)19-11-7-16(4-2)8-12-19/h5-12,18H,3-4,13-14H2,1-2H3/t18-/m0/s1. The zero-order valence-electron chi connectivity index (χ0n) is 15.7. The molecular formula is C22H23N3O2. The summed E-state index contributed by atoms with van der Waals surface area (Å²) in [6, 6.07) is 16.3. The Balaban J connectivity index is 1.51. The van der Waals surface area contributed by atoms with Crippen molar-refractivity contribution in [1.29, 1.82) is 0 Å². The maximum absolute atomic E-state index is 12.5.